The maximum Gasteiger partial charge on any atom is 0.186 e. The number of hydrogen-bond donors (Lipinski definition) is 2. The summed E-state index contributed by atoms with van der Waals surface area (Å²) in [7, 11) is 0. The molecule has 18 heavy (non-hydrogen) atoms. The molecule has 1 heterocycles. The summed E-state index contributed by atoms with van der Waals surface area (Å²) in [6.45, 7) is 10.6. The molecule has 1 N–H and O–H groups in total. The molecule has 1 fully saturated rings. The topological polar surface area (TPSA) is 66.9 Å². The summed E-state index contributed by atoms with van der Waals surface area (Å²) < 4.78 is 4.92. The summed E-state index contributed by atoms with van der Waals surface area (Å²) in [6.07, 6.45) is 0.698. The van der Waals surface area contributed by atoms with E-state index in [0.717, 1.165) is 0 Å². The number of hydrogen-bond acceptors (Lipinski definition) is 5. The maximum atomic E-state index is 10.4. The third-order valence-electron chi connectivity index (χ3n) is 2.04. The van der Waals surface area contributed by atoms with Crippen LogP contribution in [0.2, 0.25) is 0 Å². The fraction of sp³-hybridized carbons (Fsp3) is 0.833. The van der Waals surface area contributed by atoms with Crippen LogP contribution < -0.4 is 0 Å². The third kappa shape index (κ3) is 18.3. The van der Waals surface area contributed by atoms with Gasteiger partial charge in [-0.05, 0) is 20.8 Å². The number of aliphatic hydroxyl groups excluding tert-OH is 1. The molecule has 0 aliphatic carbocycles. The van der Waals surface area contributed by atoms with Crippen LogP contribution in [0, 0.1) is 0 Å². The fourth-order valence-corrected chi connectivity index (χ4v) is 1.37. The molecule has 0 saturated carbocycles. The van der Waals surface area contributed by atoms with Gasteiger partial charge in [0.25, 0.3) is 0 Å². The third-order valence-corrected chi connectivity index (χ3v) is 3.14. The minimum atomic E-state index is -0.404. The fourth-order valence-electron chi connectivity index (χ4n) is 0.653. The smallest absolute Gasteiger partial charge is 0.186 e. The first-order valence-corrected chi connectivity index (χ1v) is 7.10. The standard InChI is InChI=1S/C6H12O2S.C4H8O.C2H4OS/c1-4(7)5(2)9-6(3)8;1-3-4(2)5-3;1-2(3)4/h4-5,7H,1-3H3;3-4H,1-2H3;1H3,(H,3,4)/t;3-,4+;. The Morgan fingerprint density at radius 3 is 1.56 bits per heavy atom. The van der Waals surface area contributed by atoms with Crippen LogP contribution in [0.25, 0.3) is 0 Å². The van der Waals surface area contributed by atoms with Crippen LogP contribution in [0.1, 0.15) is 41.5 Å². The molecule has 1 saturated heterocycles. The molecule has 0 aromatic rings. The number of thiol groups is 1. The van der Waals surface area contributed by atoms with Crippen LogP contribution in [0.15, 0.2) is 0 Å². The van der Waals surface area contributed by atoms with E-state index in [1.54, 1.807) is 6.92 Å². The molecule has 4 nitrogen and oxygen atoms in total. The average molecular weight is 296 g/mol. The van der Waals surface area contributed by atoms with E-state index in [-0.39, 0.29) is 15.5 Å². The Kier molecular flexibility index (Phi) is 12.2. The van der Waals surface area contributed by atoms with Crippen molar-refractivity contribution in [1.29, 1.82) is 0 Å². The molecule has 0 spiro atoms. The zero-order chi connectivity index (χ0) is 14.9. The Labute approximate surface area is 119 Å². The lowest BCUT2D eigenvalue weighted by Crippen LogP contribution is -2.16. The number of epoxide rings is 1. The van der Waals surface area contributed by atoms with Crippen molar-refractivity contribution in [3.63, 3.8) is 0 Å². The van der Waals surface area contributed by atoms with E-state index in [9.17, 15) is 9.59 Å². The van der Waals surface area contributed by atoms with E-state index in [2.05, 4.69) is 26.5 Å². The first kappa shape index (κ1) is 20.3. The molecule has 108 valence electrons. The van der Waals surface area contributed by atoms with Crippen molar-refractivity contribution in [2.45, 2.75) is 65.1 Å². The van der Waals surface area contributed by atoms with Gasteiger partial charge in [0, 0.05) is 19.1 Å². The molecule has 2 unspecified atom stereocenters. The first-order chi connectivity index (χ1) is 8.07. The van der Waals surface area contributed by atoms with Crippen molar-refractivity contribution < 1.29 is 19.4 Å². The second kappa shape index (κ2) is 10.8. The van der Waals surface area contributed by atoms with Gasteiger partial charge in [0.15, 0.2) is 10.2 Å². The second-order valence-corrected chi connectivity index (χ2v) is 6.30. The second-order valence-electron chi connectivity index (χ2n) is 4.12. The predicted octanol–water partition coefficient (Wildman–Crippen LogP) is 2.29. The molecule has 0 bridgehead atoms. The van der Waals surface area contributed by atoms with Crippen molar-refractivity contribution >= 4 is 34.6 Å². The van der Waals surface area contributed by atoms with Crippen LogP contribution >= 0.6 is 24.4 Å². The largest absolute Gasteiger partial charge is 0.392 e. The first-order valence-electron chi connectivity index (χ1n) is 5.78. The van der Waals surface area contributed by atoms with Crippen LogP contribution in [0.4, 0.5) is 0 Å². The van der Waals surface area contributed by atoms with E-state index in [1.165, 1.54) is 25.6 Å². The lowest BCUT2D eigenvalue weighted by atomic mass is 10.3. The number of thioether (sulfide) groups is 1. The average Bonchev–Trinajstić information content (AvgIpc) is 2.78. The quantitative estimate of drug-likeness (QED) is 0.604. The van der Waals surface area contributed by atoms with Gasteiger partial charge in [-0.1, -0.05) is 18.7 Å². The molecular weight excluding hydrogens is 272 g/mol. The summed E-state index contributed by atoms with van der Waals surface area (Å²) in [5.74, 6) is 0. The van der Waals surface area contributed by atoms with Gasteiger partial charge in [-0.2, -0.15) is 0 Å². The number of carbonyl (C=O) groups is 2. The minimum absolute atomic E-state index is 0.0162. The van der Waals surface area contributed by atoms with Gasteiger partial charge in [0.05, 0.1) is 18.3 Å². The van der Waals surface area contributed by atoms with E-state index >= 15 is 0 Å². The Hall–Kier alpha value is -0.0400. The number of carbonyl (C=O) groups excluding carboxylic acids is 2. The van der Waals surface area contributed by atoms with Gasteiger partial charge in [0.2, 0.25) is 0 Å². The Balaban J connectivity index is 0. The van der Waals surface area contributed by atoms with Crippen molar-refractivity contribution in [2.24, 2.45) is 0 Å². The van der Waals surface area contributed by atoms with Gasteiger partial charge >= 0.3 is 0 Å². The minimum Gasteiger partial charge on any atom is -0.392 e. The van der Waals surface area contributed by atoms with Crippen molar-refractivity contribution in [3.8, 4) is 0 Å². The molecular formula is C12H24O4S2. The number of ether oxygens (including phenoxy) is 1. The molecule has 0 amide bonds. The summed E-state index contributed by atoms with van der Waals surface area (Å²) in [5.41, 5.74) is 0. The predicted molar refractivity (Wildman–Crippen MR) is 79.1 cm³/mol. The number of aliphatic hydroxyl groups is 1. The Morgan fingerprint density at radius 1 is 1.22 bits per heavy atom. The van der Waals surface area contributed by atoms with Crippen LogP contribution in [0.3, 0.4) is 0 Å². The lowest BCUT2D eigenvalue weighted by molar-refractivity contribution is -0.109. The molecule has 0 aromatic heterocycles. The van der Waals surface area contributed by atoms with Crippen molar-refractivity contribution in [2.75, 3.05) is 0 Å². The van der Waals surface area contributed by atoms with Crippen molar-refractivity contribution in [3.05, 3.63) is 0 Å². The SMILES string of the molecule is CC(=O)S.CC(=O)SC(C)C(C)O.C[C@@H]1O[C@@H]1C. The zero-order valence-electron chi connectivity index (χ0n) is 11.8. The highest BCUT2D eigenvalue weighted by molar-refractivity contribution is 8.14. The summed E-state index contributed by atoms with van der Waals surface area (Å²) in [5, 5.41) is 8.83. The molecule has 1 rings (SSSR count). The van der Waals surface area contributed by atoms with E-state index in [1.807, 2.05) is 6.92 Å². The van der Waals surface area contributed by atoms with Crippen LogP contribution in [0.5, 0.6) is 0 Å². The van der Waals surface area contributed by atoms with Gasteiger partial charge in [-0.15, -0.1) is 12.6 Å². The molecule has 1 aliphatic rings. The highest BCUT2D eigenvalue weighted by atomic mass is 32.2. The van der Waals surface area contributed by atoms with Gasteiger partial charge in [0.1, 0.15) is 0 Å². The Bertz CT molecular complexity index is 246. The molecule has 4 atom stereocenters. The maximum absolute atomic E-state index is 10.4. The molecule has 0 radical (unpaired) electrons. The normalized spacial score (nSPS) is 23.6. The molecule has 0 aromatic carbocycles. The van der Waals surface area contributed by atoms with Gasteiger partial charge in [-0.3, -0.25) is 9.59 Å². The highest BCUT2D eigenvalue weighted by Gasteiger charge is 2.27. The van der Waals surface area contributed by atoms with Gasteiger partial charge < -0.3 is 9.84 Å². The summed E-state index contributed by atoms with van der Waals surface area (Å²) in [4.78, 5) is 19.7. The summed E-state index contributed by atoms with van der Waals surface area (Å²) >= 11 is 4.50. The highest BCUT2D eigenvalue weighted by Crippen LogP contribution is 2.18. The van der Waals surface area contributed by atoms with Crippen LogP contribution in [-0.2, 0) is 14.3 Å². The number of rotatable bonds is 2. The van der Waals surface area contributed by atoms with Gasteiger partial charge in [-0.25, -0.2) is 0 Å². The van der Waals surface area contributed by atoms with E-state index in [4.69, 9.17) is 9.84 Å². The van der Waals surface area contributed by atoms with E-state index in [0.29, 0.717) is 12.2 Å². The molecule has 1 aliphatic heterocycles. The van der Waals surface area contributed by atoms with Crippen LogP contribution in [-0.4, -0.2) is 38.9 Å². The molecule has 6 heteroatoms. The van der Waals surface area contributed by atoms with Crippen molar-refractivity contribution in [1.82, 2.24) is 0 Å². The zero-order valence-corrected chi connectivity index (χ0v) is 13.5. The summed E-state index contributed by atoms with van der Waals surface area (Å²) in [6, 6.07) is 0. The van der Waals surface area contributed by atoms with E-state index < -0.39 is 6.10 Å². The Morgan fingerprint density at radius 2 is 1.50 bits per heavy atom. The lowest BCUT2D eigenvalue weighted by Gasteiger charge is -2.10. The monoisotopic (exact) mass is 296 g/mol.